The van der Waals surface area contributed by atoms with Crippen molar-refractivity contribution in [1.29, 1.82) is 0 Å². The molecule has 31 heavy (non-hydrogen) atoms. The molecule has 2 aromatic carbocycles. The molecule has 0 aliphatic heterocycles. The third-order valence-electron chi connectivity index (χ3n) is 5.35. The van der Waals surface area contributed by atoms with Crippen molar-refractivity contribution in [3.8, 4) is 0 Å². The monoisotopic (exact) mass is 420 g/mol. The number of carbonyl (C=O) groups is 3. The van der Waals surface area contributed by atoms with Crippen LogP contribution >= 0.6 is 0 Å². The first-order valence-electron chi connectivity index (χ1n) is 10.5. The molecule has 0 saturated carbocycles. The highest BCUT2D eigenvalue weighted by Gasteiger charge is 2.17. The van der Waals surface area contributed by atoms with Crippen LogP contribution in [0.15, 0.2) is 48.5 Å². The van der Waals surface area contributed by atoms with Gasteiger partial charge in [-0.1, -0.05) is 49.4 Å². The second kappa shape index (κ2) is 10.1. The third-order valence-corrected chi connectivity index (χ3v) is 5.35. The lowest BCUT2D eigenvalue weighted by molar-refractivity contribution is -0.142. The van der Waals surface area contributed by atoms with Gasteiger partial charge in [-0.05, 0) is 42.7 Å². The fourth-order valence-electron chi connectivity index (χ4n) is 3.78. The molecule has 3 aromatic rings. The van der Waals surface area contributed by atoms with Crippen LogP contribution < -0.4 is 5.32 Å². The summed E-state index contributed by atoms with van der Waals surface area (Å²) in [4.78, 5) is 36.8. The van der Waals surface area contributed by atoms with Crippen molar-refractivity contribution in [3.05, 3.63) is 71.0 Å². The number of benzene rings is 2. The van der Waals surface area contributed by atoms with Crippen LogP contribution in [0.25, 0.3) is 10.8 Å². The highest BCUT2D eigenvalue weighted by Crippen LogP contribution is 2.19. The van der Waals surface area contributed by atoms with E-state index in [1.807, 2.05) is 62.4 Å². The zero-order valence-electron chi connectivity index (χ0n) is 18.2. The lowest BCUT2D eigenvalue weighted by atomic mass is 10.0. The summed E-state index contributed by atoms with van der Waals surface area (Å²) >= 11 is 0. The average molecular weight is 421 g/mol. The second-order valence-electron chi connectivity index (χ2n) is 7.61. The molecule has 0 bridgehead atoms. The van der Waals surface area contributed by atoms with Gasteiger partial charge in [0.05, 0.1) is 6.42 Å². The van der Waals surface area contributed by atoms with E-state index >= 15 is 0 Å². The van der Waals surface area contributed by atoms with E-state index in [4.69, 9.17) is 4.74 Å². The first-order chi connectivity index (χ1) is 14.9. The number of rotatable bonds is 9. The number of hydrogen-bond donors (Lipinski definition) is 1. The maximum absolute atomic E-state index is 12.5. The zero-order chi connectivity index (χ0) is 22.4. The number of nitrogens with zero attached hydrogens (tertiary/aromatic N) is 1. The molecule has 1 heterocycles. The first-order valence-corrected chi connectivity index (χ1v) is 10.5. The molecule has 6 nitrogen and oxygen atoms in total. The number of amides is 1. The molecule has 1 N–H and O–H groups in total. The van der Waals surface area contributed by atoms with Crippen LogP contribution in [0, 0.1) is 13.8 Å². The number of aromatic nitrogens is 1. The molecular formula is C25H28N2O4. The maximum Gasteiger partial charge on any atom is 0.325 e. The molecule has 0 unspecified atom stereocenters. The molecule has 0 saturated heterocycles. The van der Waals surface area contributed by atoms with Gasteiger partial charge in [0.15, 0.2) is 6.61 Å². The topological polar surface area (TPSA) is 77.4 Å². The number of aryl methyl sites for hydroxylation is 1. The summed E-state index contributed by atoms with van der Waals surface area (Å²) in [5, 5.41) is 4.64. The number of nitrogens with one attached hydrogen (secondary N) is 1. The standard InChI is InChI=1S/C25H28N2O4/c1-4-12-27-17(2)13-22(18(27)3)23(28)16-31-25(30)15-26-24(29)14-20-10-7-9-19-8-5-6-11-21(19)20/h5-11,13H,4,12,14-16H2,1-3H3,(H,26,29). The van der Waals surface area contributed by atoms with E-state index in [9.17, 15) is 14.4 Å². The van der Waals surface area contributed by atoms with Gasteiger partial charge in [-0.2, -0.15) is 0 Å². The molecule has 3 rings (SSSR count). The maximum atomic E-state index is 12.5. The molecular weight excluding hydrogens is 392 g/mol. The summed E-state index contributed by atoms with van der Waals surface area (Å²) < 4.78 is 7.17. The van der Waals surface area contributed by atoms with Gasteiger partial charge in [0.25, 0.3) is 0 Å². The molecule has 1 amide bonds. The summed E-state index contributed by atoms with van der Waals surface area (Å²) in [5.41, 5.74) is 3.35. The number of carbonyl (C=O) groups excluding carboxylic acids is 3. The number of ketones is 1. The molecule has 1 aromatic heterocycles. The van der Waals surface area contributed by atoms with Gasteiger partial charge in [0.2, 0.25) is 11.7 Å². The van der Waals surface area contributed by atoms with Gasteiger partial charge < -0.3 is 14.6 Å². The summed E-state index contributed by atoms with van der Waals surface area (Å²) in [5.74, 6) is -1.16. The largest absolute Gasteiger partial charge is 0.456 e. The second-order valence-corrected chi connectivity index (χ2v) is 7.61. The van der Waals surface area contributed by atoms with Crippen molar-refractivity contribution < 1.29 is 19.1 Å². The average Bonchev–Trinajstić information content (AvgIpc) is 3.05. The Morgan fingerprint density at radius 1 is 1.03 bits per heavy atom. The lowest BCUT2D eigenvalue weighted by Gasteiger charge is -2.09. The van der Waals surface area contributed by atoms with E-state index in [0.29, 0.717) is 5.56 Å². The van der Waals surface area contributed by atoms with Gasteiger partial charge in [-0.25, -0.2) is 0 Å². The Kier molecular flexibility index (Phi) is 7.23. The van der Waals surface area contributed by atoms with Crippen molar-refractivity contribution in [2.75, 3.05) is 13.2 Å². The molecule has 0 aliphatic carbocycles. The van der Waals surface area contributed by atoms with E-state index in [1.165, 1.54) is 0 Å². The van der Waals surface area contributed by atoms with E-state index in [0.717, 1.165) is 40.7 Å². The van der Waals surface area contributed by atoms with Gasteiger partial charge in [0, 0.05) is 23.5 Å². The normalized spacial score (nSPS) is 10.8. The van der Waals surface area contributed by atoms with Crippen LogP contribution in [0.3, 0.4) is 0 Å². The lowest BCUT2D eigenvalue weighted by Crippen LogP contribution is -2.32. The quantitative estimate of drug-likeness (QED) is 0.422. The fourth-order valence-corrected chi connectivity index (χ4v) is 3.78. The summed E-state index contributed by atoms with van der Waals surface area (Å²) in [7, 11) is 0. The highest BCUT2D eigenvalue weighted by atomic mass is 16.5. The van der Waals surface area contributed by atoms with Crippen molar-refractivity contribution in [2.45, 2.75) is 40.2 Å². The van der Waals surface area contributed by atoms with Crippen molar-refractivity contribution in [1.82, 2.24) is 9.88 Å². The number of ether oxygens (including phenoxy) is 1. The number of hydrogen-bond acceptors (Lipinski definition) is 4. The van der Waals surface area contributed by atoms with Crippen molar-refractivity contribution >= 4 is 28.4 Å². The Balaban J connectivity index is 1.49. The molecule has 0 atom stereocenters. The van der Waals surface area contributed by atoms with Gasteiger partial charge in [-0.15, -0.1) is 0 Å². The smallest absolute Gasteiger partial charge is 0.325 e. The zero-order valence-corrected chi connectivity index (χ0v) is 18.2. The summed E-state index contributed by atoms with van der Waals surface area (Å²) in [6.07, 6.45) is 1.13. The predicted octanol–water partition coefficient (Wildman–Crippen LogP) is 3.75. The van der Waals surface area contributed by atoms with Crippen LogP contribution in [0.5, 0.6) is 0 Å². The summed E-state index contributed by atoms with van der Waals surface area (Å²) in [6.45, 7) is 6.16. The van der Waals surface area contributed by atoms with Crippen LogP contribution in [0.1, 0.15) is 40.7 Å². The Morgan fingerprint density at radius 3 is 2.55 bits per heavy atom. The minimum absolute atomic E-state index is 0.164. The van der Waals surface area contributed by atoms with E-state index in [2.05, 4.69) is 16.8 Å². The van der Waals surface area contributed by atoms with Gasteiger partial charge in [0.1, 0.15) is 6.54 Å². The van der Waals surface area contributed by atoms with Crippen LogP contribution in [-0.2, 0) is 27.3 Å². The molecule has 0 radical (unpaired) electrons. The van der Waals surface area contributed by atoms with E-state index in [-0.39, 0.29) is 31.3 Å². The Bertz CT molecular complexity index is 1110. The minimum Gasteiger partial charge on any atom is -0.456 e. The molecule has 162 valence electrons. The van der Waals surface area contributed by atoms with E-state index < -0.39 is 5.97 Å². The van der Waals surface area contributed by atoms with Gasteiger partial charge in [-0.3, -0.25) is 14.4 Å². The van der Waals surface area contributed by atoms with E-state index in [1.54, 1.807) is 0 Å². The predicted molar refractivity (Wildman–Crippen MR) is 120 cm³/mol. The molecule has 0 spiro atoms. The number of Topliss-reactive ketones (excluding diaryl/α,β-unsaturated/α-hetero) is 1. The van der Waals surface area contributed by atoms with Crippen LogP contribution in [-0.4, -0.2) is 35.4 Å². The van der Waals surface area contributed by atoms with Crippen molar-refractivity contribution in [3.63, 3.8) is 0 Å². The van der Waals surface area contributed by atoms with Crippen molar-refractivity contribution in [2.24, 2.45) is 0 Å². The SMILES string of the molecule is CCCn1c(C)cc(C(=O)COC(=O)CNC(=O)Cc2cccc3ccccc23)c1C. The Hall–Kier alpha value is -3.41. The highest BCUT2D eigenvalue weighted by molar-refractivity contribution is 5.99. The number of fused-ring (bicyclic) bond motifs is 1. The fraction of sp³-hybridized carbons (Fsp3) is 0.320. The van der Waals surface area contributed by atoms with Gasteiger partial charge >= 0.3 is 5.97 Å². The third kappa shape index (κ3) is 5.40. The Labute approximate surface area is 182 Å². The summed E-state index contributed by atoms with van der Waals surface area (Å²) in [6, 6.07) is 15.5. The Morgan fingerprint density at radius 2 is 1.77 bits per heavy atom. The minimum atomic E-state index is -0.637. The van der Waals surface area contributed by atoms with Crippen LogP contribution in [0.4, 0.5) is 0 Å². The molecule has 6 heteroatoms. The first kappa shape index (κ1) is 22.3. The number of esters is 1. The molecule has 0 aliphatic rings. The van der Waals surface area contributed by atoms with Crippen LogP contribution in [0.2, 0.25) is 0 Å². The molecule has 0 fully saturated rings.